The van der Waals surface area contributed by atoms with E-state index in [2.05, 4.69) is 5.32 Å². The van der Waals surface area contributed by atoms with Crippen LogP contribution in [0.25, 0.3) is 0 Å². The van der Waals surface area contributed by atoms with Crippen molar-refractivity contribution < 1.29 is 4.39 Å². The Kier molecular flexibility index (Phi) is 4.50. The highest BCUT2D eigenvalue weighted by atomic mass is 35.5. The van der Waals surface area contributed by atoms with Gasteiger partial charge in [0.05, 0.1) is 0 Å². The summed E-state index contributed by atoms with van der Waals surface area (Å²) in [6.07, 6.45) is 2.58. The van der Waals surface area contributed by atoms with E-state index in [1.165, 1.54) is 24.7 Å². The molecule has 88 valence electrons. The molecule has 2 rings (SSSR count). The van der Waals surface area contributed by atoms with Crippen LogP contribution in [0, 0.1) is 5.82 Å². The Morgan fingerprint density at radius 3 is 3.12 bits per heavy atom. The van der Waals surface area contributed by atoms with Gasteiger partial charge in [0.2, 0.25) is 0 Å². The van der Waals surface area contributed by atoms with Gasteiger partial charge in [-0.25, -0.2) is 4.39 Å². The van der Waals surface area contributed by atoms with Crippen molar-refractivity contribution in [2.75, 3.05) is 12.3 Å². The second kappa shape index (κ2) is 5.89. The monoisotopic (exact) mass is 259 g/mol. The van der Waals surface area contributed by atoms with Crippen LogP contribution in [-0.2, 0) is 6.54 Å². The topological polar surface area (TPSA) is 12.0 Å². The molecule has 0 saturated carbocycles. The van der Waals surface area contributed by atoms with E-state index < -0.39 is 0 Å². The molecule has 4 heteroatoms. The minimum atomic E-state index is -0.184. The molecule has 16 heavy (non-hydrogen) atoms. The molecule has 0 radical (unpaired) electrons. The largest absolute Gasteiger partial charge is 0.311 e. The van der Waals surface area contributed by atoms with Gasteiger partial charge in [0.25, 0.3) is 0 Å². The summed E-state index contributed by atoms with van der Waals surface area (Å²) in [7, 11) is 0. The maximum Gasteiger partial charge on any atom is 0.127 e. The summed E-state index contributed by atoms with van der Waals surface area (Å²) < 4.78 is 13.4. The highest BCUT2D eigenvalue weighted by Crippen LogP contribution is 2.25. The quantitative estimate of drug-likeness (QED) is 0.889. The van der Waals surface area contributed by atoms with Crippen LogP contribution < -0.4 is 5.32 Å². The summed E-state index contributed by atoms with van der Waals surface area (Å²) in [5.74, 6) is 1.08. The molecule has 1 atom stereocenters. The second-order valence-electron chi connectivity index (χ2n) is 4.00. The first-order valence-electron chi connectivity index (χ1n) is 5.52. The zero-order chi connectivity index (χ0) is 11.4. The highest BCUT2D eigenvalue weighted by molar-refractivity contribution is 8.00. The van der Waals surface area contributed by atoms with Crippen molar-refractivity contribution in [3.05, 3.63) is 34.6 Å². The number of thioether (sulfide) groups is 1. The minimum Gasteiger partial charge on any atom is -0.311 e. The Morgan fingerprint density at radius 1 is 1.50 bits per heavy atom. The fraction of sp³-hybridized carbons (Fsp3) is 0.500. The molecule has 0 spiro atoms. The first kappa shape index (κ1) is 12.2. The van der Waals surface area contributed by atoms with Crippen LogP contribution in [0.15, 0.2) is 18.2 Å². The van der Waals surface area contributed by atoms with Gasteiger partial charge < -0.3 is 5.32 Å². The van der Waals surface area contributed by atoms with Crippen LogP contribution in [-0.4, -0.2) is 17.5 Å². The SMILES string of the molecule is Fc1ccc(Cl)cc1CNCC1CCCS1. The number of hydrogen-bond acceptors (Lipinski definition) is 2. The van der Waals surface area contributed by atoms with Gasteiger partial charge >= 0.3 is 0 Å². The number of halogens is 2. The lowest BCUT2D eigenvalue weighted by molar-refractivity contribution is 0.582. The van der Waals surface area contributed by atoms with Gasteiger partial charge in [-0.2, -0.15) is 11.8 Å². The van der Waals surface area contributed by atoms with Crippen molar-refractivity contribution >= 4 is 23.4 Å². The van der Waals surface area contributed by atoms with Gasteiger partial charge in [-0.05, 0) is 36.8 Å². The Bertz CT molecular complexity index is 353. The van der Waals surface area contributed by atoms with E-state index in [1.54, 1.807) is 12.1 Å². The third kappa shape index (κ3) is 3.37. The molecule has 1 aromatic rings. The zero-order valence-electron chi connectivity index (χ0n) is 9.01. The van der Waals surface area contributed by atoms with Gasteiger partial charge in [0.15, 0.2) is 0 Å². The first-order valence-corrected chi connectivity index (χ1v) is 6.94. The second-order valence-corrected chi connectivity index (χ2v) is 5.85. The lowest BCUT2D eigenvalue weighted by atomic mass is 10.2. The van der Waals surface area contributed by atoms with Crippen LogP contribution in [0.3, 0.4) is 0 Å². The summed E-state index contributed by atoms with van der Waals surface area (Å²) in [5, 5.41) is 4.58. The lowest BCUT2D eigenvalue weighted by Crippen LogP contribution is -2.23. The van der Waals surface area contributed by atoms with Crippen molar-refractivity contribution in [3.63, 3.8) is 0 Å². The molecule has 0 bridgehead atoms. The molecular weight excluding hydrogens is 245 g/mol. The third-order valence-corrected chi connectivity index (χ3v) is 4.35. The van der Waals surface area contributed by atoms with E-state index >= 15 is 0 Å². The fourth-order valence-electron chi connectivity index (χ4n) is 1.85. The van der Waals surface area contributed by atoms with Crippen LogP contribution >= 0.6 is 23.4 Å². The Balaban J connectivity index is 1.82. The molecule has 0 aromatic heterocycles. The Morgan fingerprint density at radius 2 is 2.38 bits per heavy atom. The molecule has 1 aliphatic heterocycles. The Hall–Kier alpha value is -0.250. The van der Waals surface area contributed by atoms with Crippen molar-refractivity contribution in [2.24, 2.45) is 0 Å². The summed E-state index contributed by atoms with van der Waals surface area (Å²) in [4.78, 5) is 0. The maximum absolute atomic E-state index is 13.4. The number of benzene rings is 1. The van der Waals surface area contributed by atoms with Crippen molar-refractivity contribution in [3.8, 4) is 0 Å². The van der Waals surface area contributed by atoms with Gasteiger partial charge in [-0.3, -0.25) is 0 Å². The van der Waals surface area contributed by atoms with E-state index in [-0.39, 0.29) is 5.82 Å². The first-order chi connectivity index (χ1) is 7.75. The van der Waals surface area contributed by atoms with Crippen LogP contribution in [0.1, 0.15) is 18.4 Å². The molecule has 1 aromatic carbocycles. The molecule has 1 nitrogen and oxygen atoms in total. The fourth-order valence-corrected chi connectivity index (χ4v) is 3.28. The summed E-state index contributed by atoms with van der Waals surface area (Å²) in [6, 6.07) is 4.68. The average molecular weight is 260 g/mol. The zero-order valence-corrected chi connectivity index (χ0v) is 10.6. The predicted molar refractivity (Wildman–Crippen MR) is 68.6 cm³/mol. The number of rotatable bonds is 4. The summed E-state index contributed by atoms with van der Waals surface area (Å²) in [5.41, 5.74) is 0.649. The van der Waals surface area contributed by atoms with Crippen LogP contribution in [0.4, 0.5) is 4.39 Å². The van der Waals surface area contributed by atoms with Gasteiger partial charge in [-0.1, -0.05) is 11.6 Å². The molecule has 1 fully saturated rings. The molecular formula is C12H15ClFNS. The van der Waals surface area contributed by atoms with E-state index in [4.69, 9.17) is 11.6 Å². The third-order valence-electron chi connectivity index (χ3n) is 2.72. The summed E-state index contributed by atoms with van der Waals surface area (Å²) >= 11 is 7.83. The normalized spacial score (nSPS) is 20.2. The van der Waals surface area contributed by atoms with E-state index in [1.807, 2.05) is 11.8 Å². The van der Waals surface area contributed by atoms with Gasteiger partial charge in [0.1, 0.15) is 5.82 Å². The molecule has 1 saturated heterocycles. The molecule has 1 unspecified atom stereocenters. The maximum atomic E-state index is 13.4. The van der Waals surface area contributed by atoms with E-state index in [0.717, 1.165) is 6.54 Å². The smallest absolute Gasteiger partial charge is 0.127 e. The van der Waals surface area contributed by atoms with E-state index in [9.17, 15) is 4.39 Å². The van der Waals surface area contributed by atoms with Gasteiger partial charge in [0, 0.05) is 28.9 Å². The highest BCUT2D eigenvalue weighted by Gasteiger charge is 2.14. The van der Waals surface area contributed by atoms with Crippen LogP contribution in [0.5, 0.6) is 0 Å². The van der Waals surface area contributed by atoms with Crippen molar-refractivity contribution in [2.45, 2.75) is 24.6 Å². The predicted octanol–water partition coefficient (Wildman–Crippen LogP) is 3.46. The van der Waals surface area contributed by atoms with Crippen LogP contribution in [0.2, 0.25) is 5.02 Å². The van der Waals surface area contributed by atoms with E-state index in [0.29, 0.717) is 22.4 Å². The average Bonchev–Trinajstić information content (AvgIpc) is 2.76. The number of hydrogen-bond donors (Lipinski definition) is 1. The molecule has 1 heterocycles. The molecule has 0 amide bonds. The number of nitrogens with one attached hydrogen (secondary N) is 1. The van der Waals surface area contributed by atoms with Gasteiger partial charge in [-0.15, -0.1) is 0 Å². The molecule has 0 aliphatic carbocycles. The Labute approximate surface area is 105 Å². The minimum absolute atomic E-state index is 0.184. The molecule has 1 aliphatic rings. The standard InChI is InChI=1S/C12H15ClFNS/c13-10-3-4-12(14)9(6-10)7-15-8-11-2-1-5-16-11/h3-4,6,11,15H,1-2,5,7-8H2. The van der Waals surface area contributed by atoms with Crippen molar-refractivity contribution in [1.29, 1.82) is 0 Å². The lowest BCUT2D eigenvalue weighted by Gasteiger charge is -2.10. The van der Waals surface area contributed by atoms with Crippen molar-refractivity contribution in [1.82, 2.24) is 5.32 Å². The molecule has 1 N–H and O–H groups in total. The summed E-state index contributed by atoms with van der Waals surface area (Å²) in [6.45, 7) is 1.51.